The number of hydrogen-bond acceptors (Lipinski definition) is 4. The molecule has 0 aliphatic carbocycles. The third-order valence-electron chi connectivity index (χ3n) is 5.65. The molecule has 0 amide bonds. The zero-order chi connectivity index (χ0) is 19.2. The van der Waals surface area contributed by atoms with Gasteiger partial charge in [-0.1, -0.05) is 0 Å². The summed E-state index contributed by atoms with van der Waals surface area (Å²) in [4.78, 5) is 12.9. The molecular formula is C20H45N2O2P. The van der Waals surface area contributed by atoms with Gasteiger partial charge in [0.15, 0.2) is 0 Å². The van der Waals surface area contributed by atoms with Gasteiger partial charge in [0.2, 0.25) is 0 Å². The minimum absolute atomic E-state index is 0.153. The van der Waals surface area contributed by atoms with Crippen molar-refractivity contribution in [1.82, 2.24) is 0 Å². The fourth-order valence-corrected chi connectivity index (χ4v) is 9.65. The van der Waals surface area contributed by atoms with Gasteiger partial charge in [-0.15, -0.1) is 0 Å². The SMILES string of the molecule is CCCCP(CC)(CCCC)(CCCC)OC(=O)[C@H](N)CCCCN. The number of carbonyl (C=O) groups excluding carboxylic acids is 1. The summed E-state index contributed by atoms with van der Waals surface area (Å²) in [6.07, 6.45) is 13.6. The van der Waals surface area contributed by atoms with Crippen LogP contribution in [0.5, 0.6) is 0 Å². The topological polar surface area (TPSA) is 78.3 Å². The standard InChI is InChI=1S/C20H45N2O2P/c1-5-9-16-25(8-4,17-10-6-2,18-11-7-3)24-20(23)19(22)14-12-13-15-21/h19H,5-18,21-22H2,1-4H3/t19-/m1/s1. The molecule has 4 N–H and O–H groups in total. The normalized spacial score (nSPS) is 14.7. The monoisotopic (exact) mass is 376 g/mol. The first-order valence-corrected chi connectivity index (χ1v) is 13.5. The number of rotatable bonds is 16. The molecule has 0 aromatic rings. The molecule has 5 heteroatoms. The molecule has 0 spiro atoms. The summed E-state index contributed by atoms with van der Waals surface area (Å²) in [5.74, 6) is -0.153. The van der Waals surface area contributed by atoms with Crippen molar-refractivity contribution in [3.05, 3.63) is 0 Å². The number of carbonyl (C=O) groups is 1. The summed E-state index contributed by atoms with van der Waals surface area (Å²) in [7, 11) is 0. The van der Waals surface area contributed by atoms with Crippen LogP contribution in [0.2, 0.25) is 0 Å². The van der Waals surface area contributed by atoms with Gasteiger partial charge in [0.1, 0.15) is 0 Å². The molecule has 0 aliphatic heterocycles. The van der Waals surface area contributed by atoms with Gasteiger partial charge in [0.05, 0.1) is 0 Å². The van der Waals surface area contributed by atoms with Gasteiger partial charge in [-0.2, -0.15) is 0 Å². The van der Waals surface area contributed by atoms with Crippen LogP contribution in [0.1, 0.15) is 85.5 Å². The van der Waals surface area contributed by atoms with Crippen LogP contribution in [-0.4, -0.2) is 43.2 Å². The van der Waals surface area contributed by atoms with E-state index in [2.05, 4.69) is 27.7 Å². The van der Waals surface area contributed by atoms with Gasteiger partial charge in [-0.3, -0.25) is 0 Å². The molecule has 0 aromatic heterocycles. The van der Waals surface area contributed by atoms with Gasteiger partial charge in [-0.05, 0) is 0 Å². The first-order chi connectivity index (χ1) is 11.9. The fraction of sp³-hybridized carbons (Fsp3) is 0.950. The van der Waals surface area contributed by atoms with Crippen molar-refractivity contribution in [3.8, 4) is 0 Å². The van der Waals surface area contributed by atoms with E-state index in [-0.39, 0.29) is 5.97 Å². The molecule has 25 heavy (non-hydrogen) atoms. The molecular weight excluding hydrogens is 331 g/mol. The molecule has 0 saturated heterocycles. The summed E-state index contributed by atoms with van der Waals surface area (Å²) in [5.41, 5.74) is 11.7. The van der Waals surface area contributed by atoms with E-state index in [0.29, 0.717) is 13.0 Å². The third kappa shape index (κ3) is 8.37. The van der Waals surface area contributed by atoms with E-state index in [0.717, 1.165) is 76.0 Å². The second kappa shape index (κ2) is 13.1. The van der Waals surface area contributed by atoms with Gasteiger partial charge >= 0.3 is 156 Å². The van der Waals surface area contributed by atoms with Crippen molar-refractivity contribution in [2.75, 3.05) is 31.2 Å². The van der Waals surface area contributed by atoms with Crippen LogP contribution < -0.4 is 11.5 Å². The van der Waals surface area contributed by atoms with Crippen LogP contribution in [0.3, 0.4) is 0 Å². The molecule has 0 rings (SSSR count). The summed E-state index contributed by atoms with van der Waals surface area (Å²) in [6.45, 7) is 7.06. The van der Waals surface area contributed by atoms with Crippen molar-refractivity contribution >= 4 is 12.8 Å². The predicted octanol–water partition coefficient (Wildman–Crippen LogP) is 4.87. The van der Waals surface area contributed by atoms with Crippen molar-refractivity contribution in [3.63, 3.8) is 0 Å². The van der Waals surface area contributed by atoms with E-state index in [1.165, 1.54) is 0 Å². The Morgan fingerprint density at radius 1 is 0.880 bits per heavy atom. The number of hydrogen-bond donors (Lipinski definition) is 2. The average molecular weight is 377 g/mol. The Balaban J connectivity index is 5.38. The van der Waals surface area contributed by atoms with Crippen LogP contribution in [-0.2, 0) is 9.32 Å². The Hall–Kier alpha value is -0.180. The van der Waals surface area contributed by atoms with Crippen LogP contribution in [0.15, 0.2) is 0 Å². The van der Waals surface area contributed by atoms with E-state index in [9.17, 15) is 4.79 Å². The molecule has 0 aliphatic rings. The van der Waals surface area contributed by atoms with E-state index in [1.807, 2.05) is 0 Å². The van der Waals surface area contributed by atoms with Gasteiger partial charge in [0, 0.05) is 0 Å². The van der Waals surface area contributed by atoms with E-state index in [1.54, 1.807) is 0 Å². The van der Waals surface area contributed by atoms with Crippen molar-refractivity contribution in [2.45, 2.75) is 91.5 Å². The van der Waals surface area contributed by atoms with E-state index < -0.39 is 12.9 Å². The maximum atomic E-state index is 12.9. The van der Waals surface area contributed by atoms with E-state index in [4.69, 9.17) is 16.0 Å². The quantitative estimate of drug-likeness (QED) is 0.297. The Labute approximate surface area is 156 Å². The molecule has 0 heterocycles. The first kappa shape index (κ1) is 24.8. The van der Waals surface area contributed by atoms with Crippen LogP contribution in [0.25, 0.3) is 0 Å². The minimum atomic E-state index is -2.50. The zero-order valence-electron chi connectivity index (χ0n) is 17.4. The zero-order valence-corrected chi connectivity index (χ0v) is 18.3. The molecule has 0 radical (unpaired) electrons. The molecule has 0 aromatic carbocycles. The Morgan fingerprint density at radius 3 is 1.72 bits per heavy atom. The second-order valence-corrected chi connectivity index (χ2v) is 13.6. The average Bonchev–Trinajstić information content (AvgIpc) is 2.63. The van der Waals surface area contributed by atoms with Crippen LogP contribution in [0.4, 0.5) is 0 Å². The molecule has 0 unspecified atom stereocenters. The van der Waals surface area contributed by atoms with Crippen LogP contribution >= 0.6 is 6.83 Å². The fourth-order valence-electron chi connectivity index (χ4n) is 3.63. The summed E-state index contributed by atoms with van der Waals surface area (Å²) in [5, 5.41) is 0. The van der Waals surface area contributed by atoms with Gasteiger partial charge < -0.3 is 0 Å². The first-order valence-electron chi connectivity index (χ1n) is 10.6. The molecule has 1 atom stereocenters. The Morgan fingerprint density at radius 2 is 1.36 bits per heavy atom. The molecule has 0 saturated carbocycles. The molecule has 4 nitrogen and oxygen atoms in total. The van der Waals surface area contributed by atoms with Gasteiger partial charge in [0.25, 0.3) is 0 Å². The van der Waals surface area contributed by atoms with Crippen molar-refractivity contribution in [1.29, 1.82) is 0 Å². The molecule has 0 fully saturated rings. The summed E-state index contributed by atoms with van der Waals surface area (Å²) in [6, 6.07) is -0.496. The maximum absolute atomic E-state index is 12.9. The van der Waals surface area contributed by atoms with Gasteiger partial charge in [-0.25, -0.2) is 0 Å². The van der Waals surface area contributed by atoms with E-state index >= 15 is 0 Å². The van der Waals surface area contributed by atoms with Crippen molar-refractivity contribution < 1.29 is 9.32 Å². The second-order valence-electron chi connectivity index (χ2n) is 7.71. The Kier molecular flexibility index (Phi) is 13.0. The van der Waals surface area contributed by atoms with Crippen molar-refractivity contribution in [2.24, 2.45) is 11.5 Å². The molecule has 0 bridgehead atoms. The predicted molar refractivity (Wildman–Crippen MR) is 114 cm³/mol. The molecule has 152 valence electrons. The third-order valence-corrected chi connectivity index (χ3v) is 12.3. The summed E-state index contributed by atoms with van der Waals surface area (Å²) < 4.78 is 6.51. The number of nitrogens with two attached hydrogens (primary N) is 2. The van der Waals surface area contributed by atoms with Crippen LogP contribution in [0, 0.1) is 0 Å². The Bertz CT molecular complexity index is 339. The number of unbranched alkanes of at least 4 members (excludes halogenated alkanes) is 4. The summed E-state index contributed by atoms with van der Waals surface area (Å²) >= 11 is 0.